The lowest BCUT2D eigenvalue weighted by Gasteiger charge is -2.50. The van der Waals surface area contributed by atoms with Crippen LogP contribution < -0.4 is 5.56 Å². The number of piperidine rings is 1. The largest absolute Gasteiger partial charge is 0.387 e. The number of rotatable bonds is 5. The number of hydrogen-bond acceptors (Lipinski definition) is 4. The van der Waals surface area contributed by atoms with Crippen LogP contribution in [0, 0.1) is 11.3 Å². The Kier molecular flexibility index (Phi) is 6.84. The van der Waals surface area contributed by atoms with Crippen LogP contribution in [-0.2, 0) is 11.3 Å². The van der Waals surface area contributed by atoms with Crippen LogP contribution in [0.2, 0.25) is 0 Å². The van der Waals surface area contributed by atoms with E-state index in [1.807, 2.05) is 58.0 Å². The molecule has 0 saturated carbocycles. The maximum Gasteiger partial charge on any atom is 0.255 e. The Balaban J connectivity index is 2.00. The smallest absolute Gasteiger partial charge is 0.255 e. The van der Waals surface area contributed by atoms with Crippen LogP contribution in [-0.4, -0.2) is 64.1 Å². The first kappa shape index (κ1) is 24.7. The molecule has 7 heteroatoms. The predicted octanol–water partition coefficient (Wildman–Crippen LogP) is 2.86. The summed E-state index contributed by atoms with van der Waals surface area (Å²) in [4.78, 5) is 41.9. The van der Waals surface area contributed by atoms with Gasteiger partial charge in [0.1, 0.15) is 0 Å². The highest BCUT2D eigenvalue weighted by Gasteiger charge is 2.49. The highest BCUT2D eigenvalue weighted by Crippen LogP contribution is 2.40. The lowest BCUT2D eigenvalue weighted by atomic mass is 9.69. The van der Waals surface area contributed by atoms with Crippen molar-refractivity contribution in [3.05, 3.63) is 58.5 Å². The molecule has 7 nitrogen and oxygen atoms in total. The molecule has 1 fully saturated rings. The number of hydrogen-bond donors (Lipinski definition) is 1. The van der Waals surface area contributed by atoms with E-state index in [9.17, 15) is 19.5 Å². The van der Waals surface area contributed by atoms with Crippen molar-refractivity contribution in [2.45, 2.75) is 46.3 Å². The third kappa shape index (κ3) is 4.88. The molecule has 1 saturated heterocycles. The summed E-state index contributed by atoms with van der Waals surface area (Å²) >= 11 is 0. The summed E-state index contributed by atoms with van der Waals surface area (Å²) in [6.07, 6.45) is 1.91. The minimum Gasteiger partial charge on any atom is -0.387 e. The third-order valence-corrected chi connectivity index (χ3v) is 6.73. The molecule has 3 rings (SSSR count). The van der Waals surface area contributed by atoms with Gasteiger partial charge in [0.2, 0.25) is 5.91 Å². The molecule has 33 heavy (non-hydrogen) atoms. The zero-order chi connectivity index (χ0) is 24.6. The Hall–Kier alpha value is -2.93. The van der Waals surface area contributed by atoms with Crippen molar-refractivity contribution in [2.75, 3.05) is 27.2 Å². The molecule has 2 aromatic rings. The third-order valence-electron chi connectivity index (χ3n) is 6.73. The fourth-order valence-electron chi connectivity index (χ4n) is 4.45. The summed E-state index contributed by atoms with van der Waals surface area (Å²) in [7, 11) is 3.34. The predicted molar refractivity (Wildman–Crippen MR) is 129 cm³/mol. The van der Waals surface area contributed by atoms with E-state index in [0.717, 1.165) is 5.56 Å². The number of aromatic nitrogens is 1. The Morgan fingerprint density at radius 2 is 1.79 bits per heavy atom. The number of aliphatic hydroxyl groups is 1. The first-order chi connectivity index (χ1) is 15.4. The quantitative estimate of drug-likeness (QED) is 0.755. The zero-order valence-corrected chi connectivity index (χ0v) is 20.5. The SMILES string of the molecule is CC(C)C(=O)N1CCC(O)(Cn2cc(C(=O)N(C)C)c(-c3ccccc3)cc2=O)C(C)(C)C1. The van der Waals surface area contributed by atoms with Gasteiger partial charge >= 0.3 is 0 Å². The molecule has 0 spiro atoms. The lowest BCUT2D eigenvalue weighted by molar-refractivity contribution is -0.156. The molecule has 1 aliphatic heterocycles. The van der Waals surface area contributed by atoms with Crippen molar-refractivity contribution in [1.82, 2.24) is 14.4 Å². The molecule has 1 aromatic heterocycles. The lowest BCUT2D eigenvalue weighted by Crippen LogP contribution is -2.61. The fraction of sp³-hybridized carbons (Fsp3) is 0.500. The number of pyridine rings is 1. The van der Waals surface area contributed by atoms with Crippen LogP contribution in [0.1, 0.15) is 44.5 Å². The Labute approximate surface area is 195 Å². The Bertz CT molecular complexity index is 1090. The van der Waals surface area contributed by atoms with Crippen LogP contribution in [0.3, 0.4) is 0 Å². The van der Waals surface area contributed by atoms with Crippen molar-refractivity contribution in [1.29, 1.82) is 0 Å². The van der Waals surface area contributed by atoms with Gasteiger partial charge in [0, 0.05) is 56.3 Å². The van der Waals surface area contributed by atoms with E-state index in [4.69, 9.17) is 0 Å². The highest BCUT2D eigenvalue weighted by atomic mass is 16.3. The van der Waals surface area contributed by atoms with E-state index >= 15 is 0 Å². The van der Waals surface area contributed by atoms with Gasteiger partial charge in [0.15, 0.2) is 0 Å². The number of nitrogens with zero attached hydrogens (tertiary/aromatic N) is 3. The van der Waals surface area contributed by atoms with Gasteiger partial charge in [-0.25, -0.2) is 0 Å². The molecule has 1 aliphatic rings. The van der Waals surface area contributed by atoms with Gasteiger partial charge in [0.25, 0.3) is 11.5 Å². The summed E-state index contributed by atoms with van der Waals surface area (Å²) in [6, 6.07) is 10.8. The van der Waals surface area contributed by atoms with Gasteiger partial charge in [-0.1, -0.05) is 58.0 Å². The van der Waals surface area contributed by atoms with Crippen LogP contribution in [0.4, 0.5) is 0 Å². The molecule has 0 bridgehead atoms. The second-order valence-corrected chi connectivity index (χ2v) is 10.2. The number of amides is 2. The highest BCUT2D eigenvalue weighted by molar-refractivity contribution is 6.00. The topological polar surface area (TPSA) is 82.8 Å². The molecule has 2 amide bonds. The van der Waals surface area contributed by atoms with Gasteiger partial charge in [-0.05, 0) is 12.0 Å². The minimum atomic E-state index is -1.21. The van der Waals surface area contributed by atoms with Gasteiger partial charge in [-0.15, -0.1) is 0 Å². The summed E-state index contributed by atoms with van der Waals surface area (Å²) in [5, 5.41) is 11.6. The number of carbonyl (C=O) groups is 2. The van der Waals surface area contributed by atoms with E-state index in [-0.39, 0.29) is 29.8 Å². The summed E-state index contributed by atoms with van der Waals surface area (Å²) < 4.78 is 1.44. The Morgan fingerprint density at radius 1 is 1.15 bits per heavy atom. The molecule has 1 atom stereocenters. The van der Waals surface area contributed by atoms with E-state index in [1.165, 1.54) is 15.5 Å². The molecule has 0 radical (unpaired) electrons. The average molecular weight is 454 g/mol. The summed E-state index contributed by atoms with van der Waals surface area (Å²) in [5.41, 5.74) is -0.379. The molecule has 178 valence electrons. The molecule has 1 aromatic carbocycles. The van der Waals surface area contributed by atoms with Crippen LogP contribution >= 0.6 is 0 Å². The van der Waals surface area contributed by atoms with Gasteiger partial charge in [0.05, 0.1) is 17.7 Å². The molecule has 1 N–H and O–H groups in total. The molecule has 2 heterocycles. The second-order valence-electron chi connectivity index (χ2n) is 10.2. The molecule has 1 unspecified atom stereocenters. The molecule has 0 aliphatic carbocycles. The molecular formula is C26H35N3O4. The minimum absolute atomic E-state index is 0.0469. The van der Waals surface area contributed by atoms with Gasteiger partial charge in [-0.3, -0.25) is 14.4 Å². The van der Waals surface area contributed by atoms with Crippen molar-refractivity contribution < 1.29 is 14.7 Å². The molecular weight excluding hydrogens is 418 g/mol. The first-order valence-electron chi connectivity index (χ1n) is 11.4. The average Bonchev–Trinajstić information content (AvgIpc) is 2.76. The zero-order valence-electron chi connectivity index (χ0n) is 20.5. The van der Waals surface area contributed by atoms with Crippen molar-refractivity contribution in [3.63, 3.8) is 0 Å². The number of likely N-dealkylation sites (tertiary alicyclic amines) is 1. The summed E-state index contributed by atoms with van der Waals surface area (Å²) in [6.45, 7) is 8.45. The normalized spacial score (nSPS) is 20.1. The van der Waals surface area contributed by atoms with Crippen LogP contribution in [0.25, 0.3) is 11.1 Å². The van der Waals surface area contributed by atoms with Crippen molar-refractivity contribution in [2.24, 2.45) is 11.3 Å². The van der Waals surface area contributed by atoms with Crippen LogP contribution in [0.5, 0.6) is 0 Å². The maximum atomic E-state index is 13.1. The van der Waals surface area contributed by atoms with E-state index < -0.39 is 11.0 Å². The summed E-state index contributed by atoms with van der Waals surface area (Å²) in [5.74, 6) is -0.265. The van der Waals surface area contributed by atoms with Crippen molar-refractivity contribution in [3.8, 4) is 11.1 Å². The number of carbonyl (C=O) groups excluding carboxylic acids is 2. The van der Waals surface area contributed by atoms with E-state index in [0.29, 0.717) is 30.6 Å². The van der Waals surface area contributed by atoms with Gasteiger partial charge < -0.3 is 19.5 Å². The van der Waals surface area contributed by atoms with Crippen molar-refractivity contribution >= 4 is 11.8 Å². The van der Waals surface area contributed by atoms with E-state index in [2.05, 4.69) is 0 Å². The monoisotopic (exact) mass is 453 g/mol. The maximum absolute atomic E-state index is 13.1. The Morgan fingerprint density at radius 3 is 2.33 bits per heavy atom. The van der Waals surface area contributed by atoms with E-state index in [1.54, 1.807) is 25.2 Å². The first-order valence-corrected chi connectivity index (χ1v) is 11.4. The fourth-order valence-corrected chi connectivity index (χ4v) is 4.45. The van der Waals surface area contributed by atoms with Gasteiger partial charge in [-0.2, -0.15) is 0 Å². The standard InChI is InChI=1S/C26H35N3O4/c1-18(2)23(31)28-13-12-26(33,25(3,4)16-28)17-29-15-21(24(32)27(5)6)20(14-22(29)30)19-10-8-7-9-11-19/h7-11,14-15,18,33H,12-13,16-17H2,1-6H3. The number of benzene rings is 1. The second kappa shape index (κ2) is 9.14. The van der Waals surface area contributed by atoms with Crippen LogP contribution in [0.15, 0.2) is 47.4 Å².